The van der Waals surface area contributed by atoms with Crippen LogP contribution in [0.4, 0.5) is 4.79 Å². The van der Waals surface area contributed by atoms with Crippen molar-refractivity contribution in [1.82, 2.24) is 10.3 Å². The number of alkyl carbamates (subject to hydrolysis) is 1. The third kappa shape index (κ3) is 2.07. The van der Waals surface area contributed by atoms with E-state index in [1.807, 2.05) is 24.3 Å². The van der Waals surface area contributed by atoms with Gasteiger partial charge >= 0.3 is 6.09 Å². The first-order valence-electron chi connectivity index (χ1n) is 4.46. The number of hydrogen-bond donors (Lipinski definition) is 1. The lowest BCUT2D eigenvalue weighted by molar-refractivity contribution is 0.169. The summed E-state index contributed by atoms with van der Waals surface area (Å²) in [5.41, 5.74) is 1.48. The molecule has 0 saturated carbocycles. The number of methoxy groups -OCH3 is 1. The highest BCUT2D eigenvalue weighted by molar-refractivity contribution is 5.72. The topological polar surface area (TPSA) is 64.4 Å². The van der Waals surface area contributed by atoms with Gasteiger partial charge < -0.3 is 14.5 Å². The van der Waals surface area contributed by atoms with Crippen molar-refractivity contribution < 1.29 is 13.9 Å². The third-order valence-corrected chi connectivity index (χ3v) is 1.91. The average molecular weight is 206 g/mol. The molecule has 2 aromatic rings. The molecule has 0 atom stereocenters. The van der Waals surface area contributed by atoms with Crippen LogP contribution in [-0.2, 0) is 11.3 Å². The molecule has 5 heteroatoms. The minimum absolute atomic E-state index is 0.224. The number of fused-ring (bicyclic) bond motifs is 1. The van der Waals surface area contributed by atoms with Crippen molar-refractivity contribution in [3.05, 3.63) is 30.2 Å². The van der Waals surface area contributed by atoms with Gasteiger partial charge in [0.2, 0.25) is 5.89 Å². The number of oxazole rings is 1. The number of hydrogen-bond acceptors (Lipinski definition) is 4. The summed E-state index contributed by atoms with van der Waals surface area (Å²) in [6.07, 6.45) is -0.503. The number of amides is 1. The molecule has 15 heavy (non-hydrogen) atoms. The fourth-order valence-corrected chi connectivity index (χ4v) is 1.22. The fourth-order valence-electron chi connectivity index (χ4n) is 1.22. The normalized spacial score (nSPS) is 10.2. The molecule has 0 aliphatic heterocycles. The number of ether oxygens (including phenoxy) is 1. The first-order chi connectivity index (χ1) is 7.29. The van der Waals surface area contributed by atoms with Gasteiger partial charge in [0.15, 0.2) is 5.58 Å². The summed E-state index contributed by atoms with van der Waals surface area (Å²) in [4.78, 5) is 15.0. The van der Waals surface area contributed by atoms with Crippen LogP contribution < -0.4 is 5.32 Å². The predicted octanol–water partition coefficient (Wildman–Crippen LogP) is 1.68. The molecular weight excluding hydrogens is 196 g/mol. The number of nitrogens with zero attached hydrogens (tertiary/aromatic N) is 1. The summed E-state index contributed by atoms with van der Waals surface area (Å²) < 4.78 is 9.81. The number of nitrogens with one attached hydrogen (secondary N) is 1. The quantitative estimate of drug-likeness (QED) is 0.811. The van der Waals surface area contributed by atoms with E-state index in [-0.39, 0.29) is 6.54 Å². The summed E-state index contributed by atoms with van der Waals surface area (Å²) >= 11 is 0. The summed E-state index contributed by atoms with van der Waals surface area (Å²) in [7, 11) is 1.31. The van der Waals surface area contributed by atoms with Crippen LogP contribution in [0.1, 0.15) is 5.89 Å². The van der Waals surface area contributed by atoms with E-state index in [0.29, 0.717) is 11.5 Å². The van der Waals surface area contributed by atoms with Gasteiger partial charge in [-0.05, 0) is 12.1 Å². The van der Waals surface area contributed by atoms with Crippen molar-refractivity contribution in [1.29, 1.82) is 0 Å². The van der Waals surface area contributed by atoms with Crippen molar-refractivity contribution in [2.75, 3.05) is 7.11 Å². The lowest BCUT2D eigenvalue weighted by Gasteiger charge is -1.98. The maximum atomic E-state index is 10.8. The van der Waals surface area contributed by atoms with E-state index in [9.17, 15) is 4.79 Å². The number of aromatic nitrogens is 1. The monoisotopic (exact) mass is 206 g/mol. The molecule has 0 unspecified atom stereocenters. The second kappa shape index (κ2) is 4.00. The van der Waals surface area contributed by atoms with Crippen LogP contribution in [0.5, 0.6) is 0 Å². The maximum absolute atomic E-state index is 10.8. The molecule has 0 fully saturated rings. The first-order valence-corrected chi connectivity index (χ1v) is 4.46. The van der Waals surface area contributed by atoms with Crippen LogP contribution in [0.25, 0.3) is 11.1 Å². The van der Waals surface area contributed by atoms with Crippen LogP contribution in [0.2, 0.25) is 0 Å². The Labute approximate surface area is 86.0 Å². The van der Waals surface area contributed by atoms with E-state index in [4.69, 9.17) is 4.42 Å². The van der Waals surface area contributed by atoms with Crippen molar-refractivity contribution in [2.24, 2.45) is 0 Å². The zero-order valence-electron chi connectivity index (χ0n) is 8.19. The largest absolute Gasteiger partial charge is 0.453 e. The molecule has 0 bridgehead atoms. The Bertz CT molecular complexity index is 445. The summed E-state index contributed by atoms with van der Waals surface area (Å²) in [6, 6.07) is 7.41. The van der Waals surface area contributed by atoms with E-state index < -0.39 is 6.09 Å². The molecule has 1 amide bonds. The Morgan fingerprint density at radius 3 is 3.07 bits per heavy atom. The number of para-hydroxylation sites is 2. The van der Waals surface area contributed by atoms with Crippen LogP contribution in [0, 0.1) is 0 Å². The molecule has 0 saturated heterocycles. The highest BCUT2D eigenvalue weighted by atomic mass is 16.5. The van der Waals surface area contributed by atoms with Crippen LogP contribution >= 0.6 is 0 Å². The standard InChI is InChI=1S/C10H10N2O3/c1-14-10(13)11-6-9-12-7-4-2-3-5-8(7)15-9/h2-5H,6H2,1H3,(H,11,13). The maximum Gasteiger partial charge on any atom is 0.407 e. The van der Waals surface area contributed by atoms with Crippen molar-refractivity contribution in [3.63, 3.8) is 0 Å². The molecule has 1 aromatic carbocycles. The Hall–Kier alpha value is -2.04. The molecule has 0 radical (unpaired) electrons. The molecule has 1 heterocycles. The summed E-state index contributed by atoms with van der Waals surface area (Å²) in [5.74, 6) is 0.460. The van der Waals surface area contributed by atoms with E-state index >= 15 is 0 Å². The molecule has 78 valence electrons. The van der Waals surface area contributed by atoms with Crippen molar-refractivity contribution >= 4 is 17.2 Å². The smallest absolute Gasteiger partial charge is 0.407 e. The zero-order valence-corrected chi connectivity index (χ0v) is 8.19. The molecule has 5 nitrogen and oxygen atoms in total. The third-order valence-electron chi connectivity index (χ3n) is 1.91. The molecule has 0 aliphatic carbocycles. The van der Waals surface area contributed by atoms with Gasteiger partial charge in [0.05, 0.1) is 13.7 Å². The number of benzene rings is 1. The van der Waals surface area contributed by atoms with E-state index in [2.05, 4.69) is 15.0 Å². The molecule has 0 spiro atoms. The van der Waals surface area contributed by atoms with Crippen LogP contribution in [0.3, 0.4) is 0 Å². The van der Waals surface area contributed by atoms with Gasteiger partial charge in [-0.1, -0.05) is 12.1 Å². The Morgan fingerprint density at radius 1 is 1.53 bits per heavy atom. The predicted molar refractivity (Wildman–Crippen MR) is 53.3 cm³/mol. The first kappa shape index (κ1) is 9.51. The van der Waals surface area contributed by atoms with Gasteiger partial charge in [0.25, 0.3) is 0 Å². The van der Waals surface area contributed by atoms with E-state index in [0.717, 1.165) is 5.52 Å². The lowest BCUT2D eigenvalue weighted by Crippen LogP contribution is -2.22. The fraction of sp³-hybridized carbons (Fsp3) is 0.200. The van der Waals surface area contributed by atoms with Gasteiger partial charge in [0, 0.05) is 0 Å². The van der Waals surface area contributed by atoms with Crippen molar-refractivity contribution in [3.8, 4) is 0 Å². The molecular formula is C10H10N2O3. The highest BCUT2D eigenvalue weighted by Gasteiger charge is 2.06. The van der Waals surface area contributed by atoms with Gasteiger partial charge in [-0.15, -0.1) is 0 Å². The van der Waals surface area contributed by atoms with E-state index in [1.165, 1.54) is 7.11 Å². The SMILES string of the molecule is COC(=O)NCc1nc2ccccc2o1. The van der Waals surface area contributed by atoms with Gasteiger partial charge in [-0.2, -0.15) is 0 Å². The van der Waals surface area contributed by atoms with Crippen LogP contribution in [-0.4, -0.2) is 18.2 Å². The van der Waals surface area contributed by atoms with Gasteiger partial charge in [0.1, 0.15) is 5.52 Å². The van der Waals surface area contributed by atoms with E-state index in [1.54, 1.807) is 0 Å². The van der Waals surface area contributed by atoms with Gasteiger partial charge in [-0.25, -0.2) is 9.78 Å². The zero-order chi connectivity index (χ0) is 10.7. The lowest BCUT2D eigenvalue weighted by atomic mass is 10.3. The Morgan fingerprint density at radius 2 is 2.33 bits per heavy atom. The Balaban J connectivity index is 2.12. The minimum Gasteiger partial charge on any atom is -0.453 e. The number of carbonyl (C=O) groups excluding carboxylic acids is 1. The second-order valence-electron chi connectivity index (χ2n) is 2.92. The number of rotatable bonds is 2. The number of carbonyl (C=O) groups is 1. The average Bonchev–Trinajstić information content (AvgIpc) is 2.68. The van der Waals surface area contributed by atoms with Gasteiger partial charge in [-0.3, -0.25) is 0 Å². The van der Waals surface area contributed by atoms with Crippen LogP contribution in [0.15, 0.2) is 28.7 Å². The van der Waals surface area contributed by atoms with Crippen molar-refractivity contribution in [2.45, 2.75) is 6.54 Å². The molecule has 1 aromatic heterocycles. The second-order valence-corrected chi connectivity index (χ2v) is 2.92. The molecule has 0 aliphatic rings. The minimum atomic E-state index is -0.503. The Kier molecular flexibility index (Phi) is 2.53. The molecule has 1 N–H and O–H groups in total. The summed E-state index contributed by atoms with van der Waals surface area (Å²) in [5, 5.41) is 2.49. The molecule has 2 rings (SSSR count). The summed E-state index contributed by atoms with van der Waals surface area (Å²) in [6.45, 7) is 0.224. The highest BCUT2D eigenvalue weighted by Crippen LogP contribution is 2.14.